The highest BCUT2D eigenvalue weighted by atomic mass is 79.9. The van der Waals surface area contributed by atoms with E-state index in [9.17, 15) is 14.9 Å². The fourth-order valence-corrected chi connectivity index (χ4v) is 1.57. The van der Waals surface area contributed by atoms with Gasteiger partial charge in [0.1, 0.15) is 11.4 Å². The lowest BCUT2D eigenvalue weighted by molar-refractivity contribution is -0.384. The molecule has 1 rings (SSSR count). The van der Waals surface area contributed by atoms with Crippen molar-refractivity contribution in [2.24, 2.45) is 0 Å². The lowest BCUT2D eigenvalue weighted by atomic mass is 10.2. The molecule has 6 nitrogen and oxygen atoms in total. The molecule has 0 radical (unpaired) electrons. The van der Waals surface area contributed by atoms with Gasteiger partial charge < -0.3 is 10.1 Å². The summed E-state index contributed by atoms with van der Waals surface area (Å²) in [4.78, 5) is 20.4. The number of halogens is 1. The Morgan fingerprint density at radius 1 is 1.60 bits per heavy atom. The van der Waals surface area contributed by atoms with Crippen LogP contribution in [0.2, 0.25) is 0 Å². The molecule has 0 aliphatic rings. The van der Waals surface area contributed by atoms with Gasteiger partial charge in [0.05, 0.1) is 22.6 Å². The predicted octanol–water partition coefficient (Wildman–Crippen LogP) is 1.93. The standard InChI is InChI=1S/C8H7BrN2O4/c1-15-5-2-6(9)8(10-4-12)7(3-5)11(13)14/h2-4H,1H3,(H,10,12). The molecule has 1 aromatic carbocycles. The number of nitrogens with zero attached hydrogens (tertiary/aromatic N) is 1. The van der Waals surface area contributed by atoms with E-state index in [1.807, 2.05) is 0 Å². The summed E-state index contributed by atoms with van der Waals surface area (Å²) in [5.41, 5.74) is -0.121. The molecule has 0 saturated carbocycles. The molecule has 1 amide bonds. The van der Waals surface area contributed by atoms with Crippen LogP contribution in [0.4, 0.5) is 11.4 Å². The Labute approximate surface area is 93.5 Å². The molecule has 0 aliphatic heterocycles. The van der Waals surface area contributed by atoms with Crippen molar-refractivity contribution < 1.29 is 14.5 Å². The van der Waals surface area contributed by atoms with Gasteiger partial charge >= 0.3 is 0 Å². The number of anilines is 1. The van der Waals surface area contributed by atoms with Gasteiger partial charge in [-0.1, -0.05) is 0 Å². The van der Waals surface area contributed by atoms with Crippen molar-refractivity contribution in [3.8, 4) is 5.75 Å². The van der Waals surface area contributed by atoms with E-state index in [1.165, 1.54) is 19.2 Å². The van der Waals surface area contributed by atoms with Crippen molar-refractivity contribution in [2.45, 2.75) is 0 Å². The predicted molar refractivity (Wildman–Crippen MR) is 57.0 cm³/mol. The molecular weight excluding hydrogens is 268 g/mol. The van der Waals surface area contributed by atoms with Crippen molar-refractivity contribution in [1.29, 1.82) is 0 Å². The van der Waals surface area contributed by atoms with Crippen LogP contribution >= 0.6 is 15.9 Å². The van der Waals surface area contributed by atoms with Gasteiger partial charge in [0, 0.05) is 0 Å². The second kappa shape index (κ2) is 4.74. The molecule has 1 aromatic rings. The molecule has 0 unspecified atom stereocenters. The van der Waals surface area contributed by atoms with Crippen LogP contribution in [0.5, 0.6) is 5.75 Å². The average molecular weight is 275 g/mol. The van der Waals surface area contributed by atoms with Gasteiger partial charge in [-0.15, -0.1) is 0 Å². The number of carbonyl (C=O) groups is 1. The highest BCUT2D eigenvalue weighted by Gasteiger charge is 2.18. The van der Waals surface area contributed by atoms with Gasteiger partial charge in [-0.05, 0) is 22.0 Å². The minimum Gasteiger partial charge on any atom is -0.496 e. The highest BCUT2D eigenvalue weighted by molar-refractivity contribution is 9.10. The lowest BCUT2D eigenvalue weighted by Gasteiger charge is -2.06. The van der Waals surface area contributed by atoms with E-state index in [2.05, 4.69) is 21.2 Å². The smallest absolute Gasteiger partial charge is 0.297 e. The first-order chi connectivity index (χ1) is 7.10. The topological polar surface area (TPSA) is 81.5 Å². The number of nitrogens with one attached hydrogen (secondary N) is 1. The first-order valence-electron chi connectivity index (χ1n) is 3.82. The minimum atomic E-state index is -0.598. The van der Waals surface area contributed by atoms with Gasteiger partial charge in [-0.3, -0.25) is 14.9 Å². The second-order valence-electron chi connectivity index (χ2n) is 2.52. The van der Waals surface area contributed by atoms with E-state index in [1.54, 1.807) is 0 Å². The van der Waals surface area contributed by atoms with E-state index in [0.29, 0.717) is 16.6 Å². The Bertz CT molecular complexity index is 408. The van der Waals surface area contributed by atoms with Crippen molar-refractivity contribution >= 4 is 33.7 Å². The third-order valence-electron chi connectivity index (χ3n) is 1.68. The fourth-order valence-electron chi connectivity index (χ4n) is 1.03. The average Bonchev–Trinajstić information content (AvgIpc) is 2.20. The van der Waals surface area contributed by atoms with E-state index < -0.39 is 4.92 Å². The van der Waals surface area contributed by atoms with E-state index in [0.717, 1.165) is 0 Å². The summed E-state index contributed by atoms with van der Waals surface area (Å²) >= 11 is 3.10. The fraction of sp³-hybridized carbons (Fsp3) is 0.125. The maximum Gasteiger partial charge on any atom is 0.297 e. The number of ether oxygens (including phenoxy) is 1. The van der Waals surface area contributed by atoms with Crippen LogP contribution in [0.15, 0.2) is 16.6 Å². The molecule has 0 aromatic heterocycles. The van der Waals surface area contributed by atoms with Crippen molar-refractivity contribution in [3.63, 3.8) is 0 Å². The highest BCUT2D eigenvalue weighted by Crippen LogP contribution is 2.36. The molecular formula is C8H7BrN2O4. The van der Waals surface area contributed by atoms with Crippen LogP contribution in [0.3, 0.4) is 0 Å². The molecule has 0 spiro atoms. The summed E-state index contributed by atoms with van der Waals surface area (Å²) in [6, 6.07) is 2.76. The van der Waals surface area contributed by atoms with Crippen LogP contribution < -0.4 is 10.1 Å². The molecule has 0 bridgehead atoms. The zero-order chi connectivity index (χ0) is 11.4. The SMILES string of the molecule is COc1cc(Br)c(NC=O)c([N+](=O)[O-])c1. The third-order valence-corrected chi connectivity index (χ3v) is 2.30. The van der Waals surface area contributed by atoms with Gasteiger partial charge in [0.25, 0.3) is 5.69 Å². The Morgan fingerprint density at radius 3 is 2.73 bits per heavy atom. The molecule has 0 saturated heterocycles. The summed E-state index contributed by atoms with van der Waals surface area (Å²) < 4.78 is 5.26. The molecule has 0 atom stereocenters. The normalized spacial score (nSPS) is 9.47. The summed E-state index contributed by atoms with van der Waals surface area (Å²) in [6.07, 6.45) is 0.375. The second-order valence-corrected chi connectivity index (χ2v) is 3.38. The van der Waals surface area contributed by atoms with Crippen LogP contribution in [0.1, 0.15) is 0 Å². The van der Waals surface area contributed by atoms with Crippen LogP contribution in [0, 0.1) is 10.1 Å². The van der Waals surface area contributed by atoms with E-state index in [4.69, 9.17) is 4.74 Å². The summed E-state index contributed by atoms with van der Waals surface area (Å²) in [6.45, 7) is 0. The van der Waals surface area contributed by atoms with Gasteiger partial charge in [-0.25, -0.2) is 0 Å². The Kier molecular flexibility index (Phi) is 3.62. The molecule has 1 N–H and O–H groups in total. The molecule has 80 valence electrons. The van der Waals surface area contributed by atoms with Gasteiger partial charge in [-0.2, -0.15) is 0 Å². The molecule has 0 fully saturated rings. The number of benzene rings is 1. The number of nitro benzene ring substituents is 1. The third kappa shape index (κ3) is 2.44. The summed E-state index contributed by atoms with van der Waals surface area (Å²) in [5, 5.41) is 12.9. The zero-order valence-electron chi connectivity index (χ0n) is 7.69. The van der Waals surface area contributed by atoms with E-state index >= 15 is 0 Å². The first-order valence-corrected chi connectivity index (χ1v) is 4.61. The van der Waals surface area contributed by atoms with Gasteiger partial charge in [0.2, 0.25) is 6.41 Å². The monoisotopic (exact) mass is 274 g/mol. The Hall–Kier alpha value is -1.63. The number of hydrogen-bond donors (Lipinski definition) is 1. The van der Waals surface area contributed by atoms with Crippen molar-refractivity contribution in [3.05, 3.63) is 26.7 Å². The van der Waals surface area contributed by atoms with E-state index in [-0.39, 0.29) is 11.4 Å². The number of carbonyl (C=O) groups excluding carboxylic acids is 1. The number of methoxy groups -OCH3 is 1. The first kappa shape index (κ1) is 11.4. The zero-order valence-corrected chi connectivity index (χ0v) is 9.28. The Morgan fingerprint density at radius 2 is 2.27 bits per heavy atom. The van der Waals surface area contributed by atoms with Crippen molar-refractivity contribution in [1.82, 2.24) is 0 Å². The largest absolute Gasteiger partial charge is 0.496 e. The van der Waals surface area contributed by atoms with Crippen LogP contribution in [-0.4, -0.2) is 18.4 Å². The molecule has 0 aliphatic carbocycles. The number of rotatable bonds is 4. The van der Waals surface area contributed by atoms with Crippen molar-refractivity contribution in [2.75, 3.05) is 12.4 Å². The number of hydrogen-bond acceptors (Lipinski definition) is 4. The number of amides is 1. The van der Waals surface area contributed by atoms with Crippen LogP contribution in [0.25, 0.3) is 0 Å². The van der Waals surface area contributed by atoms with Crippen LogP contribution in [-0.2, 0) is 4.79 Å². The maximum absolute atomic E-state index is 10.7. The summed E-state index contributed by atoms with van der Waals surface area (Å²) in [5.74, 6) is 0.338. The quantitative estimate of drug-likeness (QED) is 0.517. The minimum absolute atomic E-state index is 0.107. The molecule has 0 heterocycles. The Balaban J connectivity index is 3.34. The molecule has 7 heteroatoms. The summed E-state index contributed by atoms with van der Waals surface area (Å²) in [7, 11) is 1.40. The lowest BCUT2D eigenvalue weighted by Crippen LogP contribution is -2.01. The maximum atomic E-state index is 10.7. The molecule has 15 heavy (non-hydrogen) atoms. The number of nitro groups is 1. The van der Waals surface area contributed by atoms with Gasteiger partial charge in [0.15, 0.2) is 0 Å².